The zero-order valence-corrected chi connectivity index (χ0v) is 8.71. The summed E-state index contributed by atoms with van der Waals surface area (Å²) in [6.07, 6.45) is -6.06. The Bertz CT molecular complexity index is 315. The predicted octanol–water partition coefficient (Wildman–Crippen LogP) is 0.0713. The molecule has 1 amide bonds. The SMILES string of the molecule is COC(=O)CC[C@H](NC(=O)C(F)(F)F)C(=O)O. The van der Waals surface area contributed by atoms with Gasteiger partial charge in [-0.3, -0.25) is 9.59 Å². The average molecular weight is 257 g/mol. The van der Waals surface area contributed by atoms with Crippen molar-refractivity contribution in [1.82, 2.24) is 5.32 Å². The number of amides is 1. The van der Waals surface area contributed by atoms with Crippen LogP contribution in [0, 0.1) is 0 Å². The summed E-state index contributed by atoms with van der Waals surface area (Å²) >= 11 is 0. The quantitative estimate of drug-likeness (QED) is 0.680. The van der Waals surface area contributed by atoms with Crippen molar-refractivity contribution in [3.8, 4) is 0 Å². The monoisotopic (exact) mass is 257 g/mol. The molecule has 0 aliphatic rings. The van der Waals surface area contributed by atoms with E-state index in [2.05, 4.69) is 4.74 Å². The van der Waals surface area contributed by atoms with E-state index in [4.69, 9.17) is 5.11 Å². The maximum absolute atomic E-state index is 11.8. The second-order valence-corrected chi connectivity index (χ2v) is 2.98. The topological polar surface area (TPSA) is 92.7 Å². The van der Waals surface area contributed by atoms with Crippen molar-refractivity contribution in [2.24, 2.45) is 0 Å². The fourth-order valence-electron chi connectivity index (χ4n) is 0.862. The third-order valence-electron chi connectivity index (χ3n) is 1.73. The van der Waals surface area contributed by atoms with E-state index in [9.17, 15) is 27.6 Å². The first-order valence-corrected chi connectivity index (χ1v) is 4.35. The van der Waals surface area contributed by atoms with E-state index in [0.717, 1.165) is 7.11 Å². The number of hydrogen-bond donors (Lipinski definition) is 2. The minimum absolute atomic E-state index is 0.411. The normalized spacial score (nSPS) is 12.7. The molecule has 0 aromatic heterocycles. The lowest BCUT2D eigenvalue weighted by molar-refractivity contribution is -0.175. The van der Waals surface area contributed by atoms with Gasteiger partial charge in [0, 0.05) is 6.42 Å². The standard InChI is InChI=1S/C8H10F3NO5/c1-17-5(13)3-2-4(6(14)15)12-7(16)8(9,10)11/h4H,2-3H2,1H3,(H,12,16)(H,14,15)/t4-/m0/s1. The molecule has 0 unspecified atom stereocenters. The zero-order chi connectivity index (χ0) is 13.6. The summed E-state index contributed by atoms with van der Waals surface area (Å²) in [5, 5.41) is 9.80. The summed E-state index contributed by atoms with van der Waals surface area (Å²) in [5.74, 6) is -4.81. The number of nitrogens with one attached hydrogen (secondary N) is 1. The molecule has 0 heterocycles. The molecule has 0 radical (unpaired) electrons. The van der Waals surface area contributed by atoms with Gasteiger partial charge in [0.05, 0.1) is 7.11 Å². The highest BCUT2D eigenvalue weighted by Crippen LogP contribution is 2.15. The summed E-state index contributed by atoms with van der Waals surface area (Å²) < 4.78 is 39.7. The van der Waals surface area contributed by atoms with Gasteiger partial charge in [0.15, 0.2) is 0 Å². The van der Waals surface area contributed by atoms with E-state index in [1.807, 2.05) is 0 Å². The average Bonchev–Trinajstić information content (AvgIpc) is 2.21. The molecular formula is C8H10F3NO5. The highest BCUT2D eigenvalue weighted by molar-refractivity contribution is 5.87. The number of carbonyl (C=O) groups excluding carboxylic acids is 2. The molecule has 17 heavy (non-hydrogen) atoms. The van der Waals surface area contributed by atoms with Crippen LogP contribution in [0.1, 0.15) is 12.8 Å². The van der Waals surface area contributed by atoms with Crippen LogP contribution in [-0.2, 0) is 19.1 Å². The summed E-state index contributed by atoms with van der Waals surface area (Å²) in [6.45, 7) is 0. The molecule has 1 atom stereocenters. The Morgan fingerprint density at radius 1 is 1.35 bits per heavy atom. The third kappa shape index (κ3) is 5.73. The maximum atomic E-state index is 11.8. The van der Waals surface area contributed by atoms with Crippen molar-refractivity contribution in [3.05, 3.63) is 0 Å². The minimum Gasteiger partial charge on any atom is -0.480 e. The van der Waals surface area contributed by atoms with E-state index in [-0.39, 0.29) is 0 Å². The van der Waals surface area contributed by atoms with Gasteiger partial charge in [-0.1, -0.05) is 0 Å². The molecule has 0 aromatic carbocycles. The Balaban J connectivity index is 4.41. The summed E-state index contributed by atoms with van der Waals surface area (Å²) in [6, 6.07) is -1.79. The number of carboxylic acids is 1. The van der Waals surface area contributed by atoms with Crippen LogP contribution in [0.3, 0.4) is 0 Å². The van der Waals surface area contributed by atoms with Crippen molar-refractivity contribution in [1.29, 1.82) is 0 Å². The van der Waals surface area contributed by atoms with Crippen LogP contribution in [0.25, 0.3) is 0 Å². The lowest BCUT2D eigenvalue weighted by Gasteiger charge is -2.14. The van der Waals surface area contributed by atoms with Crippen LogP contribution in [0.15, 0.2) is 0 Å². The molecule has 0 aromatic rings. The van der Waals surface area contributed by atoms with Crippen molar-refractivity contribution in [2.45, 2.75) is 25.1 Å². The van der Waals surface area contributed by atoms with Gasteiger partial charge in [-0.2, -0.15) is 13.2 Å². The number of esters is 1. The molecule has 0 aliphatic heterocycles. The van der Waals surface area contributed by atoms with Gasteiger partial charge in [-0.25, -0.2) is 4.79 Å². The van der Waals surface area contributed by atoms with Gasteiger partial charge < -0.3 is 15.2 Å². The smallest absolute Gasteiger partial charge is 0.471 e. The molecule has 0 saturated carbocycles. The highest BCUT2D eigenvalue weighted by Gasteiger charge is 2.40. The molecule has 9 heteroatoms. The first-order chi connectivity index (χ1) is 7.68. The zero-order valence-electron chi connectivity index (χ0n) is 8.71. The van der Waals surface area contributed by atoms with Crippen molar-refractivity contribution < 1.29 is 37.4 Å². The lowest BCUT2D eigenvalue weighted by atomic mass is 10.1. The Morgan fingerprint density at radius 3 is 2.24 bits per heavy atom. The van der Waals surface area contributed by atoms with Crippen molar-refractivity contribution in [3.63, 3.8) is 0 Å². The first-order valence-electron chi connectivity index (χ1n) is 4.35. The second-order valence-electron chi connectivity index (χ2n) is 2.98. The number of aliphatic carboxylic acids is 1. The van der Waals surface area contributed by atoms with E-state index >= 15 is 0 Å². The Labute approximate surface area is 93.7 Å². The molecular weight excluding hydrogens is 247 g/mol. The number of hydrogen-bond acceptors (Lipinski definition) is 4. The van der Waals surface area contributed by atoms with Gasteiger partial charge in [-0.05, 0) is 6.42 Å². The number of methoxy groups -OCH3 is 1. The second kappa shape index (κ2) is 6.06. The van der Waals surface area contributed by atoms with Crippen LogP contribution in [0.5, 0.6) is 0 Å². The first kappa shape index (κ1) is 15.2. The summed E-state index contributed by atoms with van der Waals surface area (Å²) in [5.41, 5.74) is 0. The van der Waals surface area contributed by atoms with Gasteiger partial charge in [-0.15, -0.1) is 0 Å². The van der Waals surface area contributed by atoms with Gasteiger partial charge in [0.25, 0.3) is 0 Å². The molecule has 0 fully saturated rings. The minimum atomic E-state index is -5.17. The number of alkyl halides is 3. The summed E-state index contributed by atoms with van der Waals surface area (Å²) in [4.78, 5) is 31.7. The third-order valence-corrected chi connectivity index (χ3v) is 1.73. The predicted molar refractivity (Wildman–Crippen MR) is 46.9 cm³/mol. The molecule has 98 valence electrons. The number of halogens is 3. The van der Waals surface area contributed by atoms with Crippen molar-refractivity contribution >= 4 is 17.8 Å². The van der Waals surface area contributed by atoms with Gasteiger partial charge in [0.2, 0.25) is 0 Å². The Morgan fingerprint density at radius 2 is 1.88 bits per heavy atom. The van der Waals surface area contributed by atoms with Gasteiger partial charge >= 0.3 is 24.0 Å². The highest BCUT2D eigenvalue weighted by atomic mass is 19.4. The molecule has 2 N–H and O–H groups in total. The van der Waals surface area contributed by atoms with Gasteiger partial charge in [0.1, 0.15) is 6.04 Å². The van der Waals surface area contributed by atoms with Crippen LogP contribution < -0.4 is 5.32 Å². The number of ether oxygens (including phenoxy) is 1. The molecule has 0 rings (SSSR count). The Hall–Kier alpha value is -1.80. The van der Waals surface area contributed by atoms with E-state index < -0.39 is 42.9 Å². The molecule has 0 saturated heterocycles. The van der Waals surface area contributed by atoms with Crippen LogP contribution in [-0.4, -0.2) is 42.3 Å². The number of carboxylic acid groups (broad SMARTS) is 1. The van der Waals surface area contributed by atoms with Crippen molar-refractivity contribution in [2.75, 3.05) is 7.11 Å². The number of carbonyl (C=O) groups is 3. The summed E-state index contributed by atoms with van der Waals surface area (Å²) in [7, 11) is 1.05. The lowest BCUT2D eigenvalue weighted by Crippen LogP contribution is -2.47. The van der Waals surface area contributed by atoms with E-state index in [1.165, 1.54) is 5.32 Å². The van der Waals surface area contributed by atoms with E-state index in [1.54, 1.807) is 0 Å². The molecule has 0 aliphatic carbocycles. The molecule has 0 spiro atoms. The maximum Gasteiger partial charge on any atom is 0.471 e. The fourth-order valence-corrected chi connectivity index (χ4v) is 0.862. The fraction of sp³-hybridized carbons (Fsp3) is 0.625. The van der Waals surface area contributed by atoms with E-state index in [0.29, 0.717) is 0 Å². The number of rotatable bonds is 5. The van der Waals surface area contributed by atoms with Crippen LogP contribution >= 0.6 is 0 Å². The van der Waals surface area contributed by atoms with Crippen LogP contribution in [0.4, 0.5) is 13.2 Å². The molecule has 6 nitrogen and oxygen atoms in total. The largest absolute Gasteiger partial charge is 0.480 e. The van der Waals surface area contributed by atoms with Crippen LogP contribution in [0.2, 0.25) is 0 Å². The molecule has 0 bridgehead atoms. The Kier molecular flexibility index (Phi) is 5.42.